The summed E-state index contributed by atoms with van der Waals surface area (Å²) in [6.45, 7) is 3.36. The normalized spacial score (nSPS) is 18.0. The van der Waals surface area contributed by atoms with Crippen LogP contribution in [0, 0.1) is 5.82 Å². The third-order valence-corrected chi connectivity index (χ3v) is 5.05. The zero-order valence-electron chi connectivity index (χ0n) is 18.3. The summed E-state index contributed by atoms with van der Waals surface area (Å²) in [6.07, 6.45) is -0.178. The SMILES string of the molecule is CC(=O)NC[C@H]1CN(c2ccc(N3CCC(=NOC(=O)COC(C)=O)CC3)c(F)c2)C(=O)O1. The van der Waals surface area contributed by atoms with Gasteiger partial charge >= 0.3 is 18.0 Å². The van der Waals surface area contributed by atoms with E-state index in [0.29, 0.717) is 43.0 Å². The minimum Gasteiger partial charge on any atom is -0.454 e. The fraction of sp³-hybridized carbons (Fsp3) is 0.476. The monoisotopic (exact) mass is 464 g/mol. The van der Waals surface area contributed by atoms with E-state index in [1.54, 1.807) is 12.1 Å². The summed E-state index contributed by atoms with van der Waals surface area (Å²) in [5.74, 6) is -2.08. The van der Waals surface area contributed by atoms with E-state index in [1.807, 2.05) is 4.90 Å². The Morgan fingerprint density at radius 3 is 2.61 bits per heavy atom. The number of halogens is 1. The standard InChI is InChI=1S/C21H25FN4O7/c1-13(27)23-10-17-11-26(21(30)32-17)16-3-4-19(18(22)9-16)25-7-5-15(6-8-25)24-33-20(29)12-31-14(2)28/h3-4,9,17H,5-8,10-12H2,1-2H3,(H,23,27)/t17-/m0/s1. The smallest absolute Gasteiger partial charge is 0.414 e. The molecule has 2 aliphatic rings. The Morgan fingerprint density at radius 1 is 1.24 bits per heavy atom. The number of ether oxygens (including phenoxy) is 2. The molecule has 0 aromatic heterocycles. The molecule has 1 aromatic rings. The number of carbonyl (C=O) groups excluding carboxylic acids is 4. The molecule has 1 atom stereocenters. The van der Waals surface area contributed by atoms with Gasteiger partial charge in [-0.2, -0.15) is 0 Å². The molecule has 1 N–H and O–H groups in total. The predicted molar refractivity (Wildman–Crippen MR) is 114 cm³/mol. The minimum atomic E-state index is -0.776. The van der Waals surface area contributed by atoms with Crippen molar-refractivity contribution in [2.24, 2.45) is 5.16 Å². The van der Waals surface area contributed by atoms with Gasteiger partial charge in [0.2, 0.25) is 5.91 Å². The molecular weight excluding hydrogens is 439 g/mol. The molecule has 33 heavy (non-hydrogen) atoms. The quantitative estimate of drug-likeness (QED) is 0.364. The first-order valence-corrected chi connectivity index (χ1v) is 10.4. The average Bonchev–Trinajstić information content (AvgIpc) is 3.15. The first-order valence-electron chi connectivity index (χ1n) is 10.4. The number of rotatable bonds is 7. The molecule has 0 bridgehead atoms. The van der Waals surface area contributed by atoms with Gasteiger partial charge in [-0.25, -0.2) is 14.0 Å². The Morgan fingerprint density at radius 2 is 1.97 bits per heavy atom. The molecule has 3 rings (SSSR count). The molecule has 2 saturated heterocycles. The highest BCUT2D eigenvalue weighted by atomic mass is 19.1. The van der Waals surface area contributed by atoms with Crippen LogP contribution in [0.1, 0.15) is 26.7 Å². The van der Waals surface area contributed by atoms with Gasteiger partial charge in [-0.05, 0) is 18.2 Å². The number of oxime groups is 1. The van der Waals surface area contributed by atoms with Crippen LogP contribution in [-0.2, 0) is 28.7 Å². The Hall–Kier alpha value is -3.70. The number of piperidine rings is 1. The summed E-state index contributed by atoms with van der Waals surface area (Å²) >= 11 is 0. The molecule has 0 aliphatic carbocycles. The molecule has 0 saturated carbocycles. The van der Waals surface area contributed by atoms with Crippen molar-refractivity contribution in [1.29, 1.82) is 0 Å². The number of anilines is 2. The molecule has 1 aromatic carbocycles. The average molecular weight is 464 g/mol. The molecule has 0 unspecified atom stereocenters. The third kappa shape index (κ3) is 6.64. The van der Waals surface area contributed by atoms with Crippen molar-refractivity contribution in [2.75, 3.05) is 42.6 Å². The molecule has 12 heteroatoms. The third-order valence-electron chi connectivity index (χ3n) is 5.05. The maximum Gasteiger partial charge on any atom is 0.414 e. The number of carbonyl (C=O) groups is 4. The summed E-state index contributed by atoms with van der Waals surface area (Å²) in [6, 6.07) is 4.51. The lowest BCUT2D eigenvalue weighted by Gasteiger charge is -2.30. The van der Waals surface area contributed by atoms with Crippen molar-refractivity contribution >= 4 is 41.0 Å². The number of hydrogen-bond acceptors (Lipinski definition) is 9. The van der Waals surface area contributed by atoms with Crippen molar-refractivity contribution in [3.8, 4) is 0 Å². The van der Waals surface area contributed by atoms with Crippen LogP contribution in [-0.4, -0.2) is 68.5 Å². The summed E-state index contributed by atoms with van der Waals surface area (Å²) < 4.78 is 24.6. The number of cyclic esters (lactones) is 1. The van der Waals surface area contributed by atoms with Gasteiger partial charge in [-0.15, -0.1) is 0 Å². The second-order valence-electron chi connectivity index (χ2n) is 7.58. The molecule has 2 aliphatic heterocycles. The van der Waals surface area contributed by atoms with Gasteiger partial charge < -0.3 is 24.5 Å². The molecule has 11 nitrogen and oxygen atoms in total. The molecule has 178 valence electrons. The Balaban J connectivity index is 1.54. The Labute approximate surface area is 189 Å². The lowest BCUT2D eigenvalue weighted by molar-refractivity contribution is -0.157. The van der Waals surface area contributed by atoms with Gasteiger partial charge in [-0.3, -0.25) is 14.5 Å². The van der Waals surface area contributed by atoms with Gasteiger partial charge in [0, 0.05) is 39.8 Å². The number of nitrogens with zero attached hydrogens (tertiary/aromatic N) is 3. The van der Waals surface area contributed by atoms with Gasteiger partial charge in [0.1, 0.15) is 11.9 Å². The second kappa shape index (κ2) is 10.7. The first kappa shape index (κ1) is 24.0. The van der Waals surface area contributed by atoms with E-state index >= 15 is 0 Å². The summed E-state index contributed by atoms with van der Waals surface area (Å²) in [4.78, 5) is 53.2. The molecule has 2 heterocycles. The molecule has 2 fully saturated rings. The van der Waals surface area contributed by atoms with Crippen molar-refractivity contribution in [3.05, 3.63) is 24.0 Å². The van der Waals surface area contributed by atoms with Crippen LogP contribution in [0.2, 0.25) is 0 Å². The summed E-state index contributed by atoms with van der Waals surface area (Å²) in [5, 5.41) is 6.38. The number of hydrogen-bond donors (Lipinski definition) is 1. The lowest BCUT2D eigenvalue weighted by atomic mass is 10.1. The highest BCUT2D eigenvalue weighted by molar-refractivity contribution is 5.90. The number of benzene rings is 1. The fourth-order valence-corrected chi connectivity index (χ4v) is 3.42. The van der Waals surface area contributed by atoms with Crippen LogP contribution in [0.15, 0.2) is 23.4 Å². The van der Waals surface area contributed by atoms with Gasteiger partial charge in [-0.1, -0.05) is 5.16 Å². The number of amides is 2. The van der Waals surface area contributed by atoms with E-state index in [-0.39, 0.29) is 19.0 Å². The Kier molecular flexibility index (Phi) is 7.80. The van der Waals surface area contributed by atoms with Crippen LogP contribution in [0.3, 0.4) is 0 Å². The fourth-order valence-electron chi connectivity index (χ4n) is 3.42. The van der Waals surface area contributed by atoms with Crippen molar-refractivity contribution in [2.45, 2.75) is 32.8 Å². The number of nitrogens with one attached hydrogen (secondary N) is 1. The highest BCUT2D eigenvalue weighted by Gasteiger charge is 2.33. The van der Waals surface area contributed by atoms with Gasteiger partial charge in [0.25, 0.3) is 0 Å². The lowest BCUT2D eigenvalue weighted by Crippen LogP contribution is -2.35. The summed E-state index contributed by atoms with van der Waals surface area (Å²) in [7, 11) is 0. The van der Waals surface area contributed by atoms with Crippen LogP contribution < -0.4 is 15.1 Å². The molecular formula is C21H25FN4O7. The van der Waals surface area contributed by atoms with E-state index < -0.39 is 36.6 Å². The van der Waals surface area contributed by atoms with E-state index in [9.17, 15) is 23.6 Å². The maximum absolute atomic E-state index is 14.8. The maximum atomic E-state index is 14.8. The van der Waals surface area contributed by atoms with E-state index in [4.69, 9.17) is 9.57 Å². The van der Waals surface area contributed by atoms with E-state index in [0.717, 1.165) is 0 Å². The van der Waals surface area contributed by atoms with Crippen molar-refractivity contribution in [1.82, 2.24) is 5.32 Å². The second-order valence-corrected chi connectivity index (χ2v) is 7.58. The van der Waals surface area contributed by atoms with E-state index in [1.165, 1.54) is 24.8 Å². The first-order chi connectivity index (χ1) is 15.7. The molecule has 0 spiro atoms. The topological polar surface area (TPSA) is 127 Å². The van der Waals surface area contributed by atoms with Gasteiger partial charge in [0.05, 0.1) is 30.2 Å². The largest absolute Gasteiger partial charge is 0.454 e. The zero-order valence-corrected chi connectivity index (χ0v) is 18.3. The summed E-state index contributed by atoms with van der Waals surface area (Å²) in [5.41, 5.74) is 1.39. The zero-order chi connectivity index (χ0) is 24.0. The minimum absolute atomic E-state index is 0.189. The highest BCUT2D eigenvalue weighted by Crippen LogP contribution is 2.29. The van der Waals surface area contributed by atoms with Crippen molar-refractivity contribution in [3.63, 3.8) is 0 Å². The van der Waals surface area contributed by atoms with Gasteiger partial charge in [0.15, 0.2) is 6.61 Å². The van der Waals surface area contributed by atoms with E-state index in [2.05, 4.69) is 15.2 Å². The van der Waals surface area contributed by atoms with Crippen LogP contribution in [0.5, 0.6) is 0 Å². The van der Waals surface area contributed by atoms with Crippen LogP contribution >= 0.6 is 0 Å². The Bertz CT molecular complexity index is 958. The number of esters is 1. The predicted octanol–water partition coefficient (Wildman–Crippen LogP) is 1.35. The van der Waals surface area contributed by atoms with Crippen molar-refractivity contribution < 1.29 is 37.9 Å². The van der Waals surface area contributed by atoms with Crippen LogP contribution in [0.4, 0.5) is 20.6 Å². The van der Waals surface area contributed by atoms with Crippen LogP contribution in [0.25, 0.3) is 0 Å². The molecule has 2 amide bonds. The molecule has 0 radical (unpaired) electrons.